The highest BCUT2D eigenvalue weighted by molar-refractivity contribution is 7.89. The standard InChI is InChI=1S/C16H20N4O2S2/c1-9-6-10(2)15(11(3)7-9)24(21,22)17-8-14-12(4)18-16-20(14)19-13(5)23-16/h6-7,17H,8H2,1-5H3. The van der Waals surface area contributed by atoms with Crippen molar-refractivity contribution in [3.63, 3.8) is 0 Å². The SMILES string of the molecule is Cc1cc(C)c(S(=O)(=O)NCc2c(C)nc3sc(C)nn23)c(C)c1. The van der Waals surface area contributed by atoms with E-state index in [1.807, 2.05) is 46.8 Å². The zero-order chi connectivity index (χ0) is 17.6. The smallest absolute Gasteiger partial charge is 0.223 e. The summed E-state index contributed by atoms with van der Waals surface area (Å²) >= 11 is 1.49. The maximum atomic E-state index is 12.8. The molecule has 1 N–H and O–H groups in total. The van der Waals surface area contributed by atoms with Crippen molar-refractivity contribution in [1.29, 1.82) is 0 Å². The minimum Gasteiger partial charge on any atom is -0.223 e. The van der Waals surface area contributed by atoms with Crippen LogP contribution in [0, 0.1) is 34.6 Å². The van der Waals surface area contributed by atoms with Gasteiger partial charge in [0.25, 0.3) is 0 Å². The summed E-state index contributed by atoms with van der Waals surface area (Å²) in [5.74, 6) is 0. The maximum absolute atomic E-state index is 12.8. The van der Waals surface area contributed by atoms with E-state index >= 15 is 0 Å². The molecule has 3 aromatic rings. The minimum atomic E-state index is -3.61. The maximum Gasteiger partial charge on any atom is 0.241 e. The van der Waals surface area contributed by atoms with Gasteiger partial charge in [-0.25, -0.2) is 22.6 Å². The highest BCUT2D eigenvalue weighted by Gasteiger charge is 2.21. The summed E-state index contributed by atoms with van der Waals surface area (Å²) in [5, 5.41) is 5.29. The lowest BCUT2D eigenvalue weighted by atomic mass is 10.1. The first kappa shape index (κ1) is 17.1. The van der Waals surface area contributed by atoms with Crippen molar-refractivity contribution in [3.8, 4) is 0 Å². The van der Waals surface area contributed by atoms with Crippen LogP contribution in [0.5, 0.6) is 0 Å². The number of fused-ring (bicyclic) bond motifs is 1. The second kappa shape index (κ2) is 5.94. The van der Waals surface area contributed by atoms with Gasteiger partial charge in [-0.05, 0) is 45.7 Å². The van der Waals surface area contributed by atoms with Crippen molar-refractivity contribution in [2.45, 2.75) is 46.1 Å². The van der Waals surface area contributed by atoms with E-state index in [2.05, 4.69) is 14.8 Å². The molecule has 0 radical (unpaired) electrons. The molecule has 6 nitrogen and oxygen atoms in total. The highest BCUT2D eigenvalue weighted by Crippen LogP contribution is 2.23. The van der Waals surface area contributed by atoms with Crippen LogP contribution >= 0.6 is 11.3 Å². The van der Waals surface area contributed by atoms with Crippen molar-refractivity contribution in [2.24, 2.45) is 0 Å². The van der Waals surface area contributed by atoms with Crippen LogP contribution in [0.4, 0.5) is 0 Å². The molecule has 0 spiro atoms. The summed E-state index contributed by atoms with van der Waals surface area (Å²) in [6, 6.07) is 3.77. The van der Waals surface area contributed by atoms with Gasteiger partial charge in [0.2, 0.25) is 15.0 Å². The Labute approximate surface area is 145 Å². The third kappa shape index (κ3) is 2.97. The van der Waals surface area contributed by atoms with Crippen LogP contribution in [-0.4, -0.2) is 23.0 Å². The fraction of sp³-hybridized carbons (Fsp3) is 0.375. The Morgan fingerprint density at radius 2 is 1.75 bits per heavy atom. The first-order valence-electron chi connectivity index (χ1n) is 7.58. The van der Waals surface area contributed by atoms with Crippen molar-refractivity contribution >= 4 is 26.3 Å². The quantitative estimate of drug-likeness (QED) is 0.772. The van der Waals surface area contributed by atoms with Crippen molar-refractivity contribution in [1.82, 2.24) is 19.3 Å². The third-order valence-corrected chi connectivity index (χ3v) is 6.43. The lowest BCUT2D eigenvalue weighted by Gasteiger charge is -2.13. The van der Waals surface area contributed by atoms with Gasteiger partial charge in [0.05, 0.1) is 22.8 Å². The van der Waals surface area contributed by atoms with Crippen LogP contribution in [0.25, 0.3) is 4.96 Å². The molecule has 1 aromatic carbocycles. The molecule has 8 heteroatoms. The van der Waals surface area contributed by atoms with Crippen molar-refractivity contribution in [2.75, 3.05) is 0 Å². The molecule has 2 aromatic heterocycles. The summed E-state index contributed by atoms with van der Waals surface area (Å²) in [6.07, 6.45) is 0. The van der Waals surface area contributed by atoms with E-state index in [0.29, 0.717) is 4.90 Å². The second-order valence-electron chi connectivity index (χ2n) is 6.01. The van der Waals surface area contributed by atoms with Crippen LogP contribution in [0.3, 0.4) is 0 Å². The van der Waals surface area contributed by atoms with E-state index in [1.165, 1.54) is 11.3 Å². The van der Waals surface area contributed by atoms with Crippen molar-refractivity contribution < 1.29 is 8.42 Å². The van der Waals surface area contributed by atoms with Gasteiger partial charge < -0.3 is 0 Å². The lowest BCUT2D eigenvalue weighted by Crippen LogP contribution is -2.26. The van der Waals surface area contributed by atoms with Gasteiger partial charge >= 0.3 is 0 Å². The molecule has 2 heterocycles. The Kier molecular flexibility index (Phi) is 4.23. The van der Waals surface area contributed by atoms with Crippen LogP contribution in [0.15, 0.2) is 17.0 Å². The second-order valence-corrected chi connectivity index (χ2v) is 8.88. The molecule has 0 atom stereocenters. The number of hydrogen-bond acceptors (Lipinski definition) is 5. The van der Waals surface area contributed by atoms with Crippen LogP contribution in [0.2, 0.25) is 0 Å². The number of sulfonamides is 1. The minimum absolute atomic E-state index is 0.158. The van der Waals surface area contributed by atoms with E-state index in [9.17, 15) is 8.42 Å². The number of nitrogens with zero attached hydrogens (tertiary/aromatic N) is 3. The zero-order valence-corrected chi connectivity index (χ0v) is 16.0. The summed E-state index contributed by atoms with van der Waals surface area (Å²) in [4.78, 5) is 5.57. The van der Waals surface area contributed by atoms with Gasteiger partial charge in [-0.3, -0.25) is 0 Å². The average molecular weight is 364 g/mol. The van der Waals surface area contributed by atoms with Gasteiger partial charge in [-0.15, -0.1) is 0 Å². The molecule has 128 valence electrons. The normalized spacial score (nSPS) is 12.2. The van der Waals surface area contributed by atoms with Gasteiger partial charge in [0.1, 0.15) is 5.01 Å². The number of aryl methyl sites for hydroxylation is 5. The van der Waals surface area contributed by atoms with Crippen LogP contribution in [-0.2, 0) is 16.6 Å². The molecule has 0 saturated heterocycles. The Bertz CT molecular complexity index is 1010. The molecule has 0 aliphatic rings. The number of benzene rings is 1. The molecule has 0 amide bonds. The molecule has 0 aliphatic heterocycles. The molecule has 0 bridgehead atoms. The Hall–Kier alpha value is -1.77. The largest absolute Gasteiger partial charge is 0.241 e. The summed E-state index contributed by atoms with van der Waals surface area (Å²) < 4.78 is 30.0. The van der Waals surface area contributed by atoms with Crippen LogP contribution < -0.4 is 4.72 Å². The van der Waals surface area contributed by atoms with Gasteiger partial charge in [-0.2, -0.15) is 5.10 Å². The molecular formula is C16H20N4O2S2. The topological polar surface area (TPSA) is 76.4 Å². The first-order valence-corrected chi connectivity index (χ1v) is 9.88. The average Bonchev–Trinajstić information content (AvgIpc) is 2.90. The lowest BCUT2D eigenvalue weighted by molar-refractivity contribution is 0.578. The third-order valence-electron chi connectivity index (χ3n) is 3.90. The zero-order valence-electron chi connectivity index (χ0n) is 14.3. The fourth-order valence-electron chi connectivity index (χ4n) is 3.02. The molecule has 0 fully saturated rings. The predicted molar refractivity (Wildman–Crippen MR) is 95.0 cm³/mol. The first-order chi connectivity index (χ1) is 11.2. The van der Waals surface area contributed by atoms with Gasteiger partial charge in [0.15, 0.2) is 0 Å². The Morgan fingerprint density at radius 1 is 1.12 bits per heavy atom. The van der Waals surface area contributed by atoms with E-state index in [-0.39, 0.29) is 6.54 Å². The summed E-state index contributed by atoms with van der Waals surface area (Å²) in [7, 11) is -3.61. The predicted octanol–water partition coefficient (Wildman–Crippen LogP) is 2.81. The van der Waals surface area contributed by atoms with E-state index in [1.54, 1.807) is 4.52 Å². The summed E-state index contributed by atoms with van der Waals surface area (Å²) in [5.41, 5.74) is 4.10. The van der Waals surface area contributed by atoms with E-state index in [4.69, 9.17) is 0 Å². The molecule has 3 rings (SSSR count). The Balaban J connectivity index is 1.94. The highest BCUT2D eigenvalue weighted by atomic mass is 32.2. The van der Waals surface area contributed by atoms with Crippen LogP contribution in [0.1, 0.15) is 33.1 Å². The van der Waals surface area contributed by atoms with Crippen molar-refractivity contribution in [3.05, 3.63) is 45.2 Å². The number of aromatic nitrogens is 3. The van der Waals surface area contributed by atoms with Gasteiger partial charge in [-0.1, -0.05) is 29.0 Å². The number of imidazole rings is 1. The number of hydrogen-bond donors (Lipinski definition) is 1. The van der Waals surface area contributed by atoms with Gasteiger partial charge in [0, 0.05) is 0 Å². The monoisotopic (exact) mass is 364 g/mol. The van der Waals surface area contributed by atoms with E-state index in [0.717, 1.165) is 38.0 Å². The Morgan fingerprint density at radius 3 is 2.38 bits per heavy atom. The number of nitrogens with one attached hydrogen (secondary N) is 1. The summed E-state index contributed by atoms with van der Waals surface area (Å²) in [6.45, 7) is 9.53. The number of rotatable bonds is 4. The fourth-order valence-corrected chi connectivity index (χ4v) is 5.26. The molecule has 0 saturated carbocycles. The molecule has 0 unspecified atom stereocenters. The van der Waals surface area contributed by atoms with E-state index < -0.39 is 10.0 Å². The molecule has 0 aliphatic carbocycles. The molecular weight excluding hydrogens is 344 g/mol. The molecule has 24 heavy (non-hydrogen) atoms.